The number of unbranched alkanes of at least 4 members (excludes halogenated alkanes) is 5. The van der Waals surface area contributed by atoms with Crippen LogP contribution < -0.4 is 4.29 Å². The van der Waals surface area contributed by atoms with Crippen LogP contribution in [0.15, 0.2) is 127 Å². The van der Waals surface area contributed by atoms with Crippen LogP contribution in [0.3, 0.4) is 0 Å². The number of aromatic hydroxyl groups is 5. The molecule has 0 saturated heterocycles. The molecule has 6 nitrogen and oxygen atoms in total. The highest BCUT2D eigenvalue weighted by molar-refractivity contribution is 6.33. The summed E-state index contributed by atoms with van der Waals surface area (Å²) < 4.78 is 4.39. The third-order valence-corrected chi connectivity index (χ3v) is 10.7. The summed E-state index contributed by atoms with van der Waals surface area (Å²) in [6.07, 6.45) is 11.4. The fourth-order valence-corrected chi connectivity index (χ4v) is 6.29. The van der Waals surface area contributed by atoms with E-state index in [1.54, 1.807) is 78.9 Å². The van der Waals surface area contributed by atoms with E-state index in [2.05, 4.69) is 18.1 Å². The minimum atomic E-state index is 0.150. The molecule has 0 aliphatic carbocycles. The van der Waals surface area contributed by atoms with E-state index in [4.69, 9.17) is 85.2 Å². The van der Waals surface area contributed by atoms with Crippen molar-refractivity contribution in [2.75, 3.05) is 0 Å². The molecule has 0 aromatic heterocycles. The van der Waals surface area contributed by atoms with Crippen LogP contribution in [0, 0.1) is 6.92 Å². The largest absolute Gasteiger partial charge is 0.508 e. The highest BCUT2D eigenvalue weighted by Gasteiger charge is 2.04. The van der Waals surface area contributed by atoms with Crippen molar-refractivity contribution >= 4 is 69.9 Å². The second-order valence-corrected chi connectivity index (χ2v) is 15.8. The Hall–Kier alpha value is -4.14. The second kappa shape index (κ2) is 33.4. The maximum Gasteiger partial charge on any atom is 0.146 e. The topological polar surface area (TPSA) is 110 Å². The lowest BCUT2D eigenvalue weighted by Crippen LogP contribution is -1.87. The van der Waals surface area contributed by atoms with E-state index in [9.17, 15) is 10.2 Å². The molecule has 0 aliphatic rings. The quantitative estimate of drug-likeness (QED) is 0.0828. The van der Waals surface area contributed by atoms with Crippen molar-refractivity contribution in [2.24, 2.45) is 0 Å². The van der Waals surface area contributed by atoms with Gasteiger partial charge in [0.05, 0.1) is 15.1 Å². The van der Waals surface area contributed by atoms with Gasteiger partial charge in [-0.25, -0.2) is 0 Å². The molecule has 0 heterocycles. The summed E-state index contributed by atoms with van der Waals surface area (Å²) in [5.41, 5.74) is 3.88. The summed E-state index contributed by atoms with van der Waals surface area (Å²) in [5, 5.41) is 48.3. The van der Waals surface area contributed by atoms with Gasteiger partial charge in [-0.05, 0) is 128 Å². The Morgan fingerprint density at radius 1 is 0.435 bits per heavy atom. The first-order chi connectivity index (χ1) is 29.7. The Kier molecular flexibility index (Phi) is 30.1. The molecule has 336 valence electrons. The van der Waals surface area contributed by atoms with Crippen LogP contribution in [0.1, 0.15) is 88.0 Å². The van der Waals surface area contributed by atoms with E-state index < -0.39 is 0 Å². The van der Waals surface area contributed by atoms with E-state index in [0.717, 1.165) is 54.4 Å². The van der Waals surface area contributed by atoms with Gasteiger partial charge in [0.2, 0.25) is 0 Å². The number of hydrogen-bond acceptors (Lipinski definition) is 6. The highest BCUT2D eigenvalue weighted by atomic mass is 35.5. The molecule has 6 aromatic carbocycles. The van der Waals surface area contributed by atoms with Crippen molar-refractivity contribution in [2.45, 2.75) is 91.9 Å². The molecule has 12 heteroatoms. The van der Waals surface area contributed by atoms with Crippen molar-refractivity contribution in [1.29, 1.82) is 0 Å². The van der Waals surface area contributed by atoms with Gasteiger partial charge in [0, 0.05) is 10.0 Å². The van der Waals surface area contributed by atoms with Crippen molar-refractivity contribution in [3.8, 4) is 34.5 Å². The first kappa shape index (κ1) is 55.9. The van der Waals surface area contributed by atoms with E-state index >= 15 is 0 Å². The molecular formula is C50H58Cl6O6. The monoisotopic (exact) mass is 964 g/mol. The smallest absolute Gasteiger partial charge is 0.146 e. The van der Waals surface area contributed by atoms with E-state index in [1.165, 1.54) is 32.1 Å². The molecular weight excluding hydrogens is 909 g/mol. The summed E-state index contributed by atoms with van der Waals surface area (Å²) in [6.45, 7) is 8.16. The van der Waals surface area contributed by atoms with Crippen LogP contribution in [-0.2, 0) is 19.3 Å². The van der Waals surface area contributed by atoms with Crippen LogP contribution >= 0.6 is 69.9 Å². The standard InChI is InChI=1S/C14H21ClO.C9H11ClO.C8H9ClO.C7H7ClO.2C6H5ClO/c1-2-3-4-5-6-7-8-12-11-13(15)9-10-14(12)16;1-2-4-7-5-3-6-8(11)9(7)10;1-2-6-4-3-5-7(10)8(6)9;1-5-3-2-4-6(9)7(5)8;7-5-1-3-6(8)4-2-5;7-8-6-4-2-1-3-5-6/h9-11,16H,2-8H2,1H3;3,5-6,11H,2,4H2,1H3;3-5,10H,2H2,1H3;2-4,9H,1H3;1-4,8H;1-5H. The van der Waals surface area contributed by atoms with Gasteiger partial charge in [0.25, 0.3) is 0 Å². The van der Waals surface area contributed by atoms with Crippen molar-refractivity contribution < 1.29 is 29.8 Å². The SMILES string of the molecule is CCCCCCCCc1cc(Cl)ccc1O.CCCc1cccc(O)c1Cl.CCc1cccc(O)c1Cl.Cc1cccc(O)c1Cl.ClOc1ccccc1.Oc1ccc(Cl)cc1. The Balaban J connectivity index is 0.000000379. The Morgan fingerprint density at radius 3 is 1.44 bits per heavy atom. The van der Waals surface area contributed by atoms with Crippen LogP contribution in [0.4, 0.5) is 0 Å². The van der Waals surface area contributed by atoms with Gasteiger partial charge in [0.15, 0.2) is 0 Å². The molecule has 6 aromatic rings. The van der Waals surface area contributed by atoms with Crippen LogP contribution in [0.5, 0.6) is 34.5 Å². The van der Waals surface area contributed by atoms with E-state index in [0.29, 0.717) is 36.6 Å². The van der Waals surface area contributed by atoms with Crippen LogP contribution in [0.2, 0.25) is 25.1 Å². The molecule has 5 N–H and O–H groups in total. The van der Waals surface area contributed by atoms with Crippen molar-refractivity contribution in [1.82, 2.24) is 0 Å². The molecule has 0 aliphatic heterocycles. The number of hydrogen-bond donors (Lipinski definition) is 5. The molecule has 0 saturated carbocycles. The average Bonchev–Trinajstić information content (AvgIpc) is 3.27. The Bertz CT molecular complexity index is 2060. The maximum atomic E-state index is 9.62. The number of rotatable bonds is 11. The predicted octanol–water partition coefficient (Wildman–Crippen LogP) is 17.2. The number of phenolic OH excluding ortho intramolecular Hbond substituents is 5. The van der Waals surface area contributed by atoms with Gasteiger partial charge in [-0.15, -0.1) is 0 Å². The first-order valence-corrected chi connectivity index (χ1v) is 22.5. The third kappa shape index (κ3) is 23.9. The van der Waals surface area contributed by atoms with E-state index in [-0.39, 0.29) is 23.0 Å². The van der Waals surface area contributed by atoms with Gasteiger partial charge in [-0.3, -0.25) is 0 Å². The van der Waals surface area contributed by atoms with E-state index in [1.807, 2.05) is 62.4 Å². The number of para-hydroxylation sites is 1. The zero-order valence-corrected chi connectivity index (χ0v) is 40.1. The van der Waals surface area contributed by atoms with Crippen molar-refractivity contribution in [3.63, 3.8) is 0 Å². The lowest BCUT2D eigenvalue weighted by molar-refractivity contribution is 0.466. The number of halogens is 6. The van der Waals surface area contributed by atoms with Gasteiger partial charge in [0.1, 0.15) is 46.4 Å². The fourth-order valence-electron chi connectivity index (χ4n) is 5.26. The summed E-state index contributed by atoms with van der Waals surface area (Å²) in [6, 6.07) is 36.6. The van der Waals surface area contributed by atoms with Crippen LogP contribution in [-0.4, -0.2) is 25.5 Å². The number of benzene rings is 6. The Labute approximate surface area is 398 Å². The van der Waals surface area contributed by atoms with Gasteiger partial charge in [-0.2, -0.15) is 0 Å². The summed E-state index contributed by atoms with van der Waals surface area (Å²) in [5.74, 6) is 1.79. The maximum absolute atomic E-state index is 9.62. The summed E-state index contributed by atoms with van der Waals surface area (Å²) in [4.78, 5) is 0. The zero-order valence-electron chi connectivity index (χ0n) is 35.6. The second-order valence-electron chi connectivity index (χ2n) is 13.7. The number of phenols is 5. The average molecular weight is 968 g/mol. The normalized spacial score (nSPS) is 9.77. The van der Waals surface area contributed by atoms with Crippen molar-refractivity contribution in [3.05, 3.63) is 175 Å². The molecule has 0 unspecified atom stereocenters. The van der Waals surface area contributed by atoms with Gasteiger partial charge in [-0.1, -0.05) is 172 Å². The first-order valence-electron chi connectivity index (χ1n) is 20.3. The molecule has 0 radical (unpaired) electrons. The minimum absolute atomic E-state index is 0.150. The zero-order chi connectivity index (χ0) is 46.3. The molecule has 0 bridgehead atoms. The van der Waals surface area contributed by atoms with Gasteiger partial charge < -0.3 is 29.8 Å². The fraction of sp³-hybridized carbons (Fsp3) is 0.280. The molecule has 62 heavy (non-hydrogen) atoms. The molecule has 6 rings (SSSR count). The summed E-state index contributed by atoms with van der Waals surface area (Å²) >= 11 is 33.6. The Morgan fingerprint density at radius 2 is 0.952 bits per heavy atom. The predicted molar refractivity (Wildman–Crippen MR) is 264 cm³/mol. The highest BCUT2D eigenvalue weighted by Crippen LogP contribution is 2.28. The molecule has 0 atom stereocenters. The molecule has 0 fully saturated rings. The molecule has 0 amide bonds. The lowest BCUT2D eigenvalue weighted by atomic mass is 10.0. The number of aryl methyl sites for hydroxylation is 4. The van der Waals surface area contributed by atoms with Crippen LogP contribution in [0.25, 0.3) is 0 Å². The van der Waals surface area contributed by atoms with Gasteiger partial charge >= 0.3 is 0 Å². The lowest BCUT2D eigenvalue weighted by Gasteiger charge is -2.05. The third-order valence-electron chi connectivity index (χ3n) is 8.69. The minimum Gasteiger partial charge on any atom is -0.508 e. The molecule has 0 spiro atoms. The summed E-state index contributed by atoms with van der Waals surface area (Å²) in [7, 11) is 0.